The molecule has 0 saturated heterocycles. The van der Waals surface area contributed by atoms with Crippen molar-refractivity contribution in [2.24, 2.45) is 0 Å². The smallest absolute Gasteiger partial charge is 0.246 e. The van der Waals surface area contributed by atoms with E-state index in [1.165, 1.54) is 11.6 Å². The number of ether oxygens (including phenoxy) is 3. The minimum absolute atomic E-state index is 0.0976. The quantitative estimate of drug-likeness (QED) is 0.354. The Labute approximate surface area is 176 Å². The van der Waals surface area contributed by atoms with Gasteiger partial charge in [-0.1, -0.05) is 18.7 Å². The Hall–Kier alpha value is -3.47. The predicted octanol–water partition coefficient (Wildman–Crippen LogP) is 4.64. The van der Waals surface area contributed by atoms with Crippen LogP contribution in [-0.4, -0.2) is 38.2 Å². The summed E-state index contributed by atoms with van der Waals surface area (Å²) in [4.78, 5) is 14.4. The lowest BCUT2D eigenvalue weighted by Crippen LogP contribution is -2.42. The molecule has 0 saturated carbocycles. The first-order chi connectivity index (χ1) is 14.6. The molecule has 0 unspecified atom stereocenters. The highest BCUT2D eigenvalue weighted by atomic mass is 16.5. The Bertz CT molecular complexity index is 1180. The van der Waals surface area contributed by atoms with Crippen LogP contribution >= 0.6 is 0 Å². The van der Waals surface area contributed by atoms with Gasteiger partial charge in [-0.3, -0.25) is 4.79 Å². The fourth-order valence-corrected chi connectivity index (χ4v) is 4.40. The number of nitrogens with zero attached hydrogens (tertiary/aromatic N) is 1. The van der Waals surface area contributed by atoms with E-state index in [0.29, 0.717) is 24.5 Å². The van der Waals surface area contributed by atoms with Crippen LogP contribution in [0.3, 0.4) is 0 Å². The maximum atomic E-state index is 12.5. The van der Waals surface area contributed by atoms with Crippen LogP contribution in [0.15, 0.2) is 55.6 Å². The van der Waals surface area contributed by atoms with Crippen LogP contribution in [0.25, 0.3) is 21.5 Å². The minimum atomic E-state index is -0.102. The second-order valence-electron chi connectivity index (χ2n) is 7.30. The van der Waals surface area contributed by atoms with Gasteiger partial charge in [0.15, 0.2) is 11.5 Å². The first-order valence-electron chi connectivity index (χ1n) is 9.79. The third kappa shape index (κ3) is 2.98. The molecule has 5 heteroatoms. The van der Waals surface area contributed by atoms with E-state index in [4.69, 9.17) is 14.2 Å². The number of rotatable bonds is 5. The summed E-state index contributed by atoms with van der Waals surface area (Å²) in [5, 5.41) is 4.29. The van der Waals surface area contributed by atoms with E-state index in [0.717, 1.165) is 32.9 Å². The third-order valence-corrected chi connectivity index (χ3v) is 5.93. The van der Waals surface area contributed by atoms with Crippen molar-refractivity contribution in [1.29, 1.82) is 0 Å². The lowest BCUT2D eigenvalue weighted by Gasteiger charge is -2.36. The second-order valence-corrected chi connectivity index (χ2v) is 7.30. The van der Waals surface area contributed by atoms with Gasteiger partial charge in [-0.15, -0.1) is 6.58 Å². The highest BCUT2D eigenvalue weighted by Gasteiger charge is 2.30. The van der Waals surface area contributed by atoms with Gasteiger partial charge < -0.3 is 19.1 Å². The van der Waals surface area contributed by atoms with Crippen LogP contribution in [-0.2, 0) is 17.8 Å². The van der Waals surface area contributed by atoms with Crippen LogP contribution in [0.5, 0.6) is 17.2 Å². The fourth-order valence-electron chi connectivity index (χ4n) is 4.40. The highest BCUT2D eigenvalue weighted by molar-refractivity contribution is 6.12. The van der Waals surface area contributed by atoms with Gasteiger partial charge >= 0.3 is 0 Å². The zero-order chi connectivity index (χ0) is 21.4. The van der Waals surface area contributed by atoms with Crippen LogP contribution in [0, 0.1) is 0 Å². The molecule has 1 amide bonds. The molecule has 0 aromatic heterocycles. The molecule has 3 aromatic carbocycles. The molecule has 154 valence electrons. The molecule has 1 heterocycles. The summed E-state index contributed by atoms with van der Waals surface area (Å²) in [7, 11) is 4.93. The topological polar surface area (TPSA) is 48.0 Å². The van der Waals surface area contributed by atoms with E-state index in [2.05, 4.69) is 19.2 Å². The molecule has 0 aliphatic carbocycles. The SMILES string of the molecule is C=CC(=O)N1Cc2c(c3cc(OC)c(OC)cc3c3cc(OC)ccc23)C[C@H]1C=C. The van der Waals surface area contributed by atoms with Crippen molar-refractivity contribution in [3.05, 3.63) is 66.8 Å². The highest BCUT2D eigenvalue weighted by Crippen LogP contribution is 2.43. The number of benzene rings is 3. The number of methoxy groups -OCH3 is 3. The molecular weight excluding hydrogens is 378 g/mol. The number of fused-ring (bicyclic) bond motifs is 6. The van der Waals surface area contributed by atoms with Crippen molar-refractivity contribution >= 4 is 27.5 Å². The van der Waals surface area contributed by atoms with E-state index in [9.17, 15) is 4.79 Å². The standard InChI is InChI=1S/C25H25NO4/c1-6-15-10-18-20-12-23(29-4)24(30-5)13-21(20)19-11-16(28-3)8-9-17(19)22(18)14-26(15)25(27)7-2/h6-9,11-13,15H,1-2,10,14H2,3-5H3/t15-/m1/s1. The van der Waals surface area contributed by atoms with Crippen LogP contribution in [0.1, 0.15) is 11.1 Å². The fraction of sp³-hybridized carbons (Fsp3) is 0.240. The summed E-state index contributed by atoms with van der Waals surface area (Å²) in [6, 6.07) is 9.98. The van der Waals surface area contributed by atoms with Gasteiger partial charge in [-0.05, 0) is 69.4 Å². The van der Waals surface area contributed by atoms with Gasteiger partial charge in [0, 0.05) is 6.54 Å². The summed E-state index contributed by atoms with van der Waals surface area (Å²) in [6.07, 6.45) is 3.86. The molecule has 0 radical (unpaired) electrons. The van der Waals surface area contributed by atoms with Crippen LogP contribution in [0.4, 0.5) is 0 Å². The number of hydrogen-bond acceptors (Lipinski definition) is 4. The Kier molecular flexibility index (Phi) is 5.12. The first-order valence-corrected chi connectivity index (χ1v) is 9.79. The first kappa shape index (κ1) is 19.8. The van der Waals surface area contributed by atoms with Gasteiger partial charge in [0.05, 0.1) is 27.4 Å². The van der Waals surface area contributed by atoms with Gasteiger partial charge in [0.25, 0.3) is 0 Å². The molecule has 4 rings (SSSR count). The van der Waals surface area contributed by atoms with E-state index in [-0.39, 0.29) is 11.9 Å². The van der Waals surface area contributed by atoms with E-state index < -0.39 is 0 Å². The molecule has 30 heavy (non-hydrogen) atoms. The van der Waals surface area contributed by atoms with Crippen molar-refractivity contribution in [1.82, 2.24) is 4.90 Å². The normalized spacial score (nSPS) is 15.6. The summed E-state index contributed by atoms with van der Waals surface area (Å²) in [6.45, 7) is 8.12. The molecule has 1 aliphatic rings. The summed E-state index contributed by atoms with van der Waals surface area (Å²) < 4.78 is 16.6. The number of amides is 1. The van der Waals surface area contributed by atoms with E-state index in [1.807, 2.05) is 35.2 Å². The number of carbonyl (C=O) groups is 1. The van der Waals surface area contributed by atoms with E-state index >= 15 is 0 Å². The van der Waals surface area contributed by atoms with Crippen molar-refractivity contribution in [3.8, 4) is 17.2 Å². The Morgan fingerprint density at radius 2 is 1.60 bits per heavy atom. The third-order valence-electron chi connectivity index (χ3n) is 5.93. The van der Waals surface area contributed by atoms with Gasteiger partial charge in [0.2, 0.25) is 5.91 Å². The molecule has 1 atom stereocenters. The molecule has 0 N–H and O–H groups in total. The average Bonchev–Trinajstić information content (AvgIpc) is 2.81. The Morgan fingerprint density at radius 3 is 2.20 bits per heavy atom. The zero-order valence-electron chi connectivity index (χ0n) is 17.5. The molecule has 0 spiro atoms. The molecule has 0 fully saturated rings. The molecule has 5 nitrogen and oxygen atoms in total. The molecule has 1 aliphatic heterocycles. The zero-order valence-corrected chi connectivity index (χ0v) is 17.5. The number of hydrogen-bond donors (Lipinski definition) is 0. The van der Waals surface area contributed by atoms with Crippen molar-refractivity contribution in [3.63, 3.8) is 0 Å². The van der Waals surface area contributed by atoms with Crippen molar-refractivity contribution in [2.45, 2.75) is 19.0 Å². The lowest BCUT2D eigenvalue weighted by molar-refractivity contribution is -0.128. The summed E-state index contributed by atoms with van der Waals surface area (Å²) >= 11 is 0. The van der Waals surface area contributed by atoms with Gasteiger partial charge in [-0.2, -0.15) is 0 Å². The maximum Gasteiger partial charge on any atom is 0.246 e. The maximum absolute atomic E-state index is 12.5. The minimum Gasteiger partial charge on any atom is -0.497 e. The predicted molar refractivity (Wildman–Crippen MR) is 120 cm³/mol. The van der Waals surface area contributed by atoms with Crippen molar-refractivity contribution in [2.75, 3.05) is 21.3 Å². The Morgan fingerprint density at radius 1 is 0.933 bits per heavy atom. The van der Waals surface area contributed by atoms with Gasteiger partial charge in [-0.25, -0.2) is 0 Å². The van der Waals surface area contributed by atoms with E-state index in [1.54, 1.807) is 21.3 Å². The monoisotopic (exact) mass is 403 g/mol. The Balaban J connectivity index is 2.10. The van der Waals surface area contributed by atoms with Crippen LogP contribution < -0.4 is 14.2 Å². The molecular formula is C25H25NO4. The summed E-state index contributed by atoms with van der Waals surface area (Å²) in [5.74, 6) is 2.03. The van der Waals surface area contributed by atoms with Crippen molar-refractivity contribution < 1.29 is 19.0 Å². The number of carbonyl (C=O) groups excluding carboxylic acids is 1. The molecule has 3 aromatic rings. The lowest BCUT2D eigenvalue weighted by atomic mass is 9.84. The summed E-state index contributed by atoms with van der Waals surface area (Å²) in [5.41, 5.74) is 2.32. The average molecular weight is 403 g/mol. The molecule has 0 bridgehead atoms. The van der Waals surface area contributed by atoms with Crippen LogP contribution in [0.2, 0.25) is 0 Å². The largest absolute Gasteiger partial charge is 0.497 e. The van der Waals surface area contributed by atoms with Gasteiger partial charge in [0.1, 0.15) is 5.75 Å². The second kappa shape index (κ2) is 7.75.